The van der Waals surface area contributed by atoms with E-state index in [4.69, 9.17) is 9.47 Å². The predicted molar refractivity (Wildman–Crippen MR) is 71.6 cm³/mol. The van der Waals surface area contributed by atoms with Gasteiger partial charge in [-0.25, -0.2) is 0 Å². The van der Waals surface area contributed by atoms with Crippen LogP contribution in [0.3, 0.4) is 0 Å². The van der Waals surface area contributed by atoms with E-state index < -0.39 is 0 Å². The molecule has 0 aromatic heterocycles. The molecule has 0 spiro atoms. The van der Waals surface area contributed by atoms with E-state index in [9.17, 15) is 4.79 Å². The lowest BCUT2D eigenvalue weighted by molar-refractivity contribution is 0.0913. The van der Waals surface area contributed by atoms with Gasteiger partial charge in [-0.3, -0.25) is 4.79 Å². The lowest BCUT2D eigenvalue weighted by Crippen LogP contribution is -2.26. The first kappa shape index (κ1) is 14.5. The van der Waals surface area contributed by atoms with Crippen molar-refractivity contribution in [1.82, 2.24) is 5.32 Å². The third-order valence-electron chi connectivity index (χ3n) is 2.99. The van der Waals surface area contributed by atoms with Crippen LogP contribution in [0.25, 0.3) is 0 Å². The third kappa shape index (κ3) is 3.23. The van der Waals surface area contributed by atoms with E-state index in [1.807, 2.05) is 14.0 Å². The molecule has 0 saturated heterocycles. The maximum absolute atomic E-state index is 12.4. The summed E-state index contributed by atoms with van der Waals surface area (Å²) in [7, 11) is 5.00. The highest BCUT2D eigenvalue weighted by Crippen LogP contribution is 2.27. The van der Waals surface area contributed by atoms with Crippen LogP contribution in [-0.4, -0.2) is 33.6 Å². The molecular weight excluding hydrogens is 230 g/mol. The lowest BCUT2D eigenvalue weighted by Gasteiger charge is -2.15. The van der Waals surface area contributed by atoms with Crippen LogP contribution >= 0.6 is 0 Å². The maximum Gasteiger partial charge on any atom is 0.170 e. The summed E-state index contributed by atoms with van der Waals surface area (Å²) in [5.41, 5.74) is 0.611. The summed E-state index contributed by atoms with van der Waals surface area (Å²) in [6.07, 6.45) is 0.800. The molecule has 1 aromatic rings. The van der Waals surface area contributed by atoms with Crippen molar-refractivity contribution in [3.63, 3.8) is 0 Å². The number of ether oxygens (including phenoxy) is 2. The normalized spacial score (nSPS) is 12.0. The highest BCUT2D eigenvalue weighted by Gasteiger charge is 2.21. The second kappa shape index (κ2) is 7.01. The summed E-state index contributed by atoms with van der Waals surface area (Å²) in [5.74, 6) is 1.32. The van der Waals surface area contributed by atoms with E-state index >= 15 is 0 Å². The molecule has 1 unspecified atom stereocenters. The highest BCUT2D eigenvalue weighted by atomic mass is 16.5. The Morgan fingerprint density at radius 1 is 1.33 bits per heavy atom. The van der Waals surface area contributed by atoms with Gasteiger partial charge >= 0.3 is 0 Å². The number of Topliss-reactive ketones (excluding diaryl/α,β-unsaturated/α-hetero) is 1. The quantitative estimate of drug-likeness (QED) is 0.754. The zero-order chi connectivity index (χ0) is 13.5. The van der Waals surface area contributed by atoms with Gasteiger partial charge in [-0.1, -0.05) is 6.92 Å². The molecule has 0 aliphatic rings. The topological polar surface area (TPSA) is 47.6 Å². The SMILES string of the molecule is CCC(CNC)C(=O)c1ccc(OC)cc1OC. The average Bonchev–Trinajstić information content (AvgIpc) is 2.43. The second-order valence-electron chi connectivity index (χ2n) is 4.09. The van der Waals surface area contributed by atoms with Crippen LogP contribution in [0.15, 0.2) is 18.2 Å². The molecule has 0 heterocycles. The summed E-state index contributed by atoms with van der Waals surface area (Å²) in [6.45, 7) is 2.68. The number of methoxy groups -OCH3 is 2. The Bertz CT molecular complexity index is 404. The number of nitrogens with one attached hydrogen (secondary N) is 1. The number of benzene rings is 1. The van der Waals surface area contributed by atoms with E-state index in [1.165, 1.54) is 0 Å². The molecule has 4 nitrogen and oxygen atoms in total. The Labute approximate surface area is 108 Å². The van der Waals surface area contributed by atoms with Crippen molar-refractivity contribution in [3.05, 3.63) is 23.8 Å². The van der Waals surface area contributed by atoms with Gasteiger partial charge in [0.2, 0.25) is 0 Å². The minimum absolute atomic E-state index is 0.0303. The Morgan fingerprint density at radius 3 is 2.56 bits per heavy atom. The van der Waals surface area contributed by atoms with Crippen LogP contribution in [0, 0.1) is 5.92 Å². The minimum Gasteiger partial charge on any atom is -0.497 e. The fraction of sp³-hybridized carbons (Fsp3) is 0.500. The zero-order valence-electron chi connectivity index (χ0n) is 11.4. The number of carbonyl (C=O) groups is 1. The summed E-state index contributed by atoms with van der Waals surface area (Å²) >= 11 is 0. The van der Waals surface area contributed by atoms with Gasteiger partial charge < -0.3 is 14.8 Å². The summed E-state index contributed by atoms with van der Waals surface area (Å²) in [5, 5.41) is 3.04. The van der Waals surface area contributed by atoms with E-state index in [-0.39, 0.29) is 11.7 Å². The molecule has 0 radical (unpaired) electrons. The monoisotopic (exact) mass is 251 g/mol. The summed E-state index contributed by atoms with van der Waals surface area (Å²) in [6, 6.07) is 5.28. The van der Waals surface area contributed by atoms with Crippen LogP contribution in [0.4, 0.5) is 0 Å². The van der Waals surface area contributed by atoms with Gasteiger partial charge in [-0.2, -0.15) is 0 Å². The molecular formula is C14H21NO3. The van der Waals surface area contributed by atoms with Crippen molar-refractivity contribution in [2.75, 3.05) is 27.8 Å². The molecule has 1 aromatic carbocycles. The molecule has 18 heavy (non-hydrogen) atoms. The van der Waals surface area contributed by atoms with Crippen molar-refractivity contribution in [3.8, 4) is 11.5 Å². The third-order valence-corrected chi connectivity index (χ3v) is 2.99. The average molecular weight is 251 g/mol. The van der Waals surface area contributed by atoms with Gasteiger partial charge in [0.1, 0.15) is 11.5 Å². The zero-order valence-corrected chi connectivity index (χ0v) is 11.4. The first-order valence-electron chi connectivity index (χ1n) is 6.08. The second-order valence-corrected chi connectivity index (χ2v) is 4.09. The summed E-state index contributed by atoms with van der Waals surface area (Å²) < 4.78 is 10.4. The molecule has 0 fully saturated rings. The van der Waals surface area contributed by atoms with Crippen molar-refractivity contribution < 1.29 is 14.3 Å². The molecule has 1 N–H and O–H groups in total. The van der Waals surface area contributed by atoms with Crippen LogP contribution in [0.5, 0.6) is 11.5 Å². The molecule has 0 saturated carbocycles. The van der Waals surface area contributed by atoms with Gasteiger partial charge in [0, 0.05) is 18.5 Å². The van der Waals surface area contributed by atoms with Crippen LogP contribution in [0.2, 0.25) is 0 Å². The largest absolute Gasteiger partial charge is 0.497 e. The van der Waals surface area contributed by atoms with Gasteiger partial charge in [0.15, 0.2) is 5.78 Å². The van der Waals surface area contributed by atoms with Gasteiger partial charge in [-0.15, -0.1) is 0 Å². The van der Waals surface area contributed by atoms with Crippen molar-refractivity contribution in [1.29, 1.82) is 0 Å². The number of carbonyl (C=O) groups excluding carboxylic acids is 1. The van der Waals surface area contributed by atoms with E-state index in [2.05, 4.69) is 5.32 Å². The standard InChI is InChI=1S/C14H21NO3/c1-5-10(9-15-2)14(16)12-7-6-11(17-3)8-13(12)18-4/h6-8,10,15H,5,9H2,1-4H3. The van der Waals surface area contributed by atoms with E-state index in [0.29, 0.717) is 23.6 Å². The molecule has 0 aliphatic heterocycles. The number of rotatable bonds is 7. The van der Waals surface area contributed by atoms with Gasteiger partial charge in [-0.05, 0) is 25.6 Å². The molecule has 0 bridgehead atoms. The Kier molecular flexibility index (Phi) is 5.65. The number of hydrogen-bond donors (Lipinski definition) is 1. The van der Waals surface area contributed by atoms with Crippen LogP contribution in [-0.2, 0) is 0 Å². The van der Waals surface area contributed by atoms with Crippen LogP contribution in [0.1, 0.15) is 23.7 Å². The fourth-order valence-corrected chi connectivity index (χ4v) is 1.89. The first-order chi connectivity index (χ1) is 8.67. The van der Waals surface area contributed by atoms with Gasteiger partial charge in [0.25, 0.3) is 0 Å². The fourth-order valence-electron chi connectivity index (χ4n) is 1.89. The number of hydrogen-bond acceptors (Lipinski definition) is 4. The highest BCUT2D eigenvalue weighted by molar-refractivity contribution is 6.00. The Balaban J connectivity index is 3.03. The predicted octanol–water partition coefficient (Wildman–Crippen LogP) is 2.13. The van der Waals surface area contributed by atoms with Crippen LogP contribution < -0.4 is 14.8 Å². The molecule has 1 rings (SSSR count). The summed E-state index contributed by atoms with van der Waals surface area (Å²) in [4.78, 5) is 12.4. The molecule has 4 heteroatoms. The minimum atomic E-state index is -0.0303. The van der Waals surface area contributed by atoms with Crippen molar-refractivity contribution in [2.45, 2.75) is 13.3 Å². The van der Waals surface area contributed by atoms with Crippen molar-refractivity contribution >= 4 is 5.78 Å². The van der Waals surface area contributed by atoms with E-state index in [1.54, 1.807) is 32.4 Å². The first-order valence-corrected chi connectivity index (χ1v) is 6.08. The number of ketones is 1. The maximum atomic E-state index is 12.4. The smallest absolute Gasteiger partial charge is 0.170 e. The van der Waals surface area contributed by atoms with E-state index in [0.717, 1.165) is 6.42 Å². The molecule has 0 amide bonds. The lowest BCUT2D eigenvalue weighted by atomic mass is 9.94. The van der Waals surface area contributed by atoms with Gasteiger partial charge in [0.05, 0.1) is 19.8 Å². The molecule has 100 valence electrons. The molecule has 0 aliphatic carbocycles. The Hall–Kier alpha value is -1.55. The van der Waals surface area contributed by atoms with Crippen molar-refractivity contribution in [2.24, 2.45) is 5.92 Å². The Morgan fingerprint density at radius 2 is 2.06 bits per heavy atom. The molecule has 1 atom stereocenters.